The Morgan fingerprint density at radius 1 is 1.32 bits per heavy atom. The van der Waals surface area contributed by atoms with Crippen molar-refractivity contribution in [1.82, 2.24) is 9.55 Å². The number of rotatable bonds is 3. The first-order valence-electron chi connectivity index (χ1n) is 6.62. The Hall–Kier alpha value is -2.08. The van der Waals surface area contributed by atoms with Gasteiger partial charge in [-0.05, 0) is 24.8 Å². The molecule has 1 atom stereocenters. The standard InChI is InChI=1S/C16H19N3/c1-5-11(2)13-6-8-14(9-7-13)16-15(10-17)19(4)12(3)18-16/h6-9,11H,5H2,1-4H3. The second-order valence-electron chi connectivity index (χ2n) is 4.96. The number of aryl methyl sites for hydroxylation is 1. The maximum absolute atomic E-state index is 9.24. The number of nitrogens with zero attached hydrogens (tertiary/aromatic N) is 3. The lowest BCUT2D eigenvalue weighted by Crippen LogP contribution is -1.94. The molecule has 0 aliphatic carbocycles. The zero-order chi connectivity index (χ0) is 14.0. The first-order chi connectivity index (χ1) is 9.08. The van der Waals surface area contributed by atoms with E-state index in [-0.39, 0.29) is 0 Å². The quantitative estimate of drug-likeness (QED) is 0.835. The highest BCUT2D eigenvalue weighted by Gasteiger charge is 2.13. The monoisotopic (exact) mass is 253 g/mol. The second kappa shape index (κ2) is 5.27. The third-order valence-corrected chi connectivity index (χ3v) is 3.79. The largest absolute Gasteiger partial charge is 0.323 e. The van der Waals surface area contributed by atoms with Gasteiger partial charge in [0.1, 0.15) is 23.3 Å². The van der Waals surface area contributed by atoms with Gasteiger partial charge in [0.2, 0.25) is 0 Å². The van der Waals surface area contributed by atoms with Gasteiger partial charge in [-0.15, -0.1) is 0 Å². The molecule has 0 aliphatic heterocycles. The Morgan fingerprint density at radius 2 is 1.95 bits per heavy atom. The number of benzene rings is 1. The SMILES string of the molecule is CCC(C)c1ccc(-c2nc(C)n(C)c2C#N)cc1. The van der Waals surface area contributed by atoms with E-state index >= 15 is 0 Å². The summed E-state index contributed by atoms with van der Waals surface area (Å²) in [6, 6.07) is 10.6. The second-order valence-corrected chi connectivity index (χ2v) is 4.96. The predicted molar refractivity (Wildman–Crippen MR) is 76.8 cm³/mol. The van der Waals surface area contributed by atoms with Crippen molar-refractivity contribution in [3.63, 3.8) is 0 Å². The molecule has 0 saturated heterocycles. The maximum atomic E-state index is 9.24. The van der Waals surface area contributed by atoms with Crippen LogP contribution in [0.25, 0.3) is 11.3 Å². The maximum Gasteiger partial charge on any atom is 0.147 e. The molecule has 0 fully saturated rings. The Bertz CT molecular complexity index is 615. The molecule has 3 nitrogen and oxygen atoms in total. The van der Waals surface area contributed by atoms with Crippen LogP contribution in [-0.4, -0.2) is 9.55 Å². The average Bonchev–Trinajstić information content (AvgIpc) is 2.73. The summed E-state index contributed by atoms with van der Waals surface area (Å²) in [5.41, 5.74) is 3.73. The molecule has 3 heteroatoms. The molecule has 2 rings (SSSR count). The van der Waals surface area contributed by atoms with Gasteiger partial charge in [0, 0.05) is 12.6 Å². The molecule has 0 spiro atoms. The van der Waals surface area contributed by atoms with Crippen molar-refractivity contribution >= 4 is 0 Å². The van der Waals surface area contributed by atoms with Crippen LogP contribution in [0.4, 0.5) is 0 Å². The highest BCUT2D eigenvalue weighted by molar-refractivity contribution is 5.65. The third-order valence-electron chi connectivity index (χ3n) is 3.79. The normalized spacial score (nSPS) is 12.2. The fraction of sp³-hybridized carbons (Fsp3) is 0.375. The van der Waals surface area contributed by atoms with Gasteiger partial charge in [-0.3, -0.25) is 0 Å². The van der Waals surface area contributed by atoms with Crippen molar-refractivity contribution in [3.05, 3.63) is 41.3 Å². The minimum Gasteiger partial charge on any atom is -0.323 e. The molecule has 2 aromatic rings. The lowest BCUT2D eigenvalue weighted by Gasteiger charge is -2.09. The van der Waals surface area contributed by atoms with E-state index in [4.69, 9.17) is 0 Å². The number of hydrogen-bond donors (Lipinski definition) is 0. The summed E-state index contributed by atoms with van der Waals surface area (Å²) in [4.78, 5) is 4.49. The summed E-state index contributed by atoms with van der Waals surface area (Å²) >= 11 is 0. The summed E-state index contributed by atoms with van der Waals surface area (Å²) in [6.07, 6.45) is 1.13. The number of imidazole rings is 1. The van der Waals surface area contributed by atoms with Crippen LogP contribution >= 0.6 is 0 Å². The molecule has 0 aliphatic rings. The summed E-state index contributed by atoms with van der Waals surface area (Å²) in [5.74, 6) is 1.42. The van der Waals surface area contributed by atoms with E-state index in [9.17, 15) is 5.26 Å². The van der Waals surface area contributed by atoms with Crippen molar-refractivity contribution in [2.45, 2.75) is 33.1 Å². The number of nitriles is 1. The molecule has 1 unspecified atom stereocenters. The van der Waals surface area contributed by atoms with E-state index in [2.05, 4.69) is 49.2 Å². The Balaban J connectivity index is 2.44. The molecule has 0 radical (unpaired) electrons. The molecule has 0 amide bonds. The first-order valence-corrected chi connectivity index (χ1v) is 6.62. The Kier molecular flexibility index (Phi) is 3.71. The van der Waals surface area contributed by atoms with Crippen LogP contribution < -0.4 is 0 Å². The van der Waals surface area contributed by atoms with Crippen molar-refractivity contribution in [1.29, 1.82) is 5.26 Å². The van der Waals surface area contributed by atoms with Crippen molar-refractivity contribution in [2.24, 2.45) is 7.05 Å². The summed E-state index contributed by atoms with van der Waals surface area (Å²) in [5, 5.41) is 9.24. The average molecular weight is 253 g/mol. The predicted octanol–water partition coefficient (Wildman–Crippen LogP) is 3.78. The third kappa shape index (κ3) is 2.39. The molecule has 98 valence electrons. The molecule has 19 heavy (non-hydrogen) atoms. The Morgan fingerprint density at radius 3 is 2.47 bits per heavy atom. The molecule has 0 saturated carbocycles. The van der Waals surface area contributed by atoms with E-state index in [0.717, 1.165) is 23.5 Å². The number of aromatic nitrogens is 2. The molecule has 1 heterocycles. The highest BCUT2D eigenvalue weighted by atomic mass is 15.1. The van der Waals surface area contributed by atoms with Crippen LogP contribution in [0.1, 0.15) is 43.3 Å². The van der Waals surface area contributed by atoms with Gasteiger partial charge in [0.25, 0.3) is 0 Å². The van der Waals surface area contributed by atoms with E-state index < -0.39 is 0 Å². The van der Waals surface area contributed by atoms with Crippen molar-refractivity contribution < 1.29 is 0 Å². The van der Waals surface area contributed by atoms with E-state index in [1.54, 1.807) is 0 Å². The van der Waals surface area contributed by atoms with Crippen LogP contribution in [0.5, 0.6) is 0 Å². The van der Waals surface area contributed by atoms with Crippen molar-refractivity contribution in [2.75, 3.05) is 0 Å². The summed E-state index contributed by atoms with van der Waals surface area (Å²) < 4.78 is 1.83. The topological polar surface area (TPSA) is 41.6 Å². The van der Waals surface area contributed by atoms with Crippen LogP contribution in [-0.2, 0) is 7.05 Å². The molecule has 1 aromatic carbocycles. The van der Waals surface area contributed by atoms with Crippen LogP contribution in [0.3, 0.4) is 0 Å². The lowest BCUT2D eigenvalue weighted by molar-refractivity contribution is 0.734. The van der Waals surface area contributed by atoms with Gasteiger partial charge in [-0.1, -0.05) is 38.1 Å². The molecule has 0 bridgehead atoms. The van der Waals surface area contributed by atoms with Gasteiger partial charge in [0.15, 0.2) is 0 Å². The van der Waals surface area contributed by atoms with Gasteiger partial charge in [-0.2, -0.15) is 5.26 Å². The van der Waals surface area contributed by atoms with E-state index in [1.807, 2.05) is 18.5 Å². The smallest absolute Gasteiger partial charge is 0.147 e. The van der Waals surface area contributed by atoms with E-state index in [0.29, 0.717) is 11.6 Å². The first kappa shape index (κ1) is 13.4. The van der Waals surface area contributed by atoms with Gasteiger partial charge in [-0.25, -0.2) is 4.98 Å². The van der Waals surface area contributed by atoms with E-state index in [1.165, 1.54) is 5.56 Å². The summed E-state index contributed by atoms with van der Waals surface area (Å²) in [6.45, 7) is 6.33. The molecular formula is C16H19N3. The lowest BCUT2D eigenvalue weighted by atomic mass is 9.97. The zero-order valence-corrected chi connectivity index (χ0v) is 11.9. The minimum absolute atomic E-state index is 0.565. The number of hydrogen-bond acceptors (Lipinski definition) is 2. The minimum atomic E-state index is 0.565. The van der Waals surface area contributed by atoms with Gasteiger partial charge < -0.3 is 4.57 Å². The van der Waals surface area contributed by atoms with Crippen LogP contribution in [0, 0.1) is 18.3 Å². The fourth-order valence-corrected chi connectivity index (χ4v) is 2.14. The molecule has 0 N–H and O–H groups in total. The van der Waals surface area contributed by atoms with Crippen molar-refractivity contribution in [3.8, 4) is 17.3 Å². The van der Waals surface area contributed by atoms with Crippen LogP contribution in [0.2, 0.25) is 0 Å². The Labute approximate surface area is 114 Å². The molecular weight excluding hydrogens is 234 g/mol. The molecule has 1 aromatic heterocycles. The van der Waals surface area contributed by atoms with Gasteiger partial charge >= 0.3 is 0 Å². The fourth-order valence-electron chi connectivity index (χ4n) is 2.14. The van der Waals surface area contributed by atoms with Gasteiger partial charge in [0.05, 0.1) is 0 Å². The summed E-state index contributed by atoms with van der Waals surface area (Å²) in [7, 11) is 1.87. The van der Waals surface area contributed by atoms with Crippen LogP contribution in [0.15, 0.2) is 24.3 Å². The highest BCUT2D eigenvalue weighted by Crippen LogP contribution is 2.26. The zero-order valence-electron chi connectivity index (χ0n) is 11.9.